The Balaban J connectivity index is 1.50. The van der Waals surface area contributed by atoms with E-state index in [-0.39, 0.29) is 5.41 Å². The molecule has 0 amide bonds. The maximum atomic E-state index is 6.19. The van der Waals surface area contributed by atoms with Crippen LogP contribution in [0.1, 0.15) is 18.4 Å². The van der Waals surface area contributed by atoms with Crippen LogP contribution in [-0.4, -0.2) is 26.3 Å². The SMILES string of the molecule is Clc1ccc([C@]23CNC[C@H]2C3COCC2CC2)cc1Cl. The summed E-state index contributed by atoms with van der Waals surface area (Å²) in [6, 6.07) is 6.10. The van der Waals surface area contributed by atoms with Gasteiger partial charge in [0.2, 0.25) is 0 Å². The second-order valence-electron chi connectivity index (χ2n) is 6.49. The van der Waals surface area contributed by atoms with Crippen molar-refractivity contribution in [3.63, 3.8) is 0 Å². The summed E-state index contributed by atoms with van der Waals surface area (Å²) in [5, 5.41) is 4.80. The molecule has 1 aromatic carbocycles. The van der Waals surface area contributed by atoms with E-state index in [4.69, 9.17) is 27.9 Å². The Labute approximate surface area is 129 Å². The van der Waals surface area contributed by atoms with E-state index >= 15 is 0 Å². The van der Waals surface area contributed by atoms with Crippen molar-refractivity contribution in [1.29, 1.82) is 0 Å². The average molecular weight is 312 g/mol. The molecule has 0 spiro atoms. The van der Waals surface area contributed by atoms with E-state index in [1.807, 2.05) is 12.1 Å². The molecule has 2 saturated carbocycles. The van der Waals surface area contributed by atoms with Gasteiger partial charge in [-0.3, -0.25) is 0 Å². The van der Waals surface area contributed by atoms with E-state index in [0.717, 1.165) is 32.2 Å². The third-order valence-corrected chi connectivity index (χ3v) is 6.03. The van der Waals surface area contributed by atoms with Crippen molar-refractivity contribution in [2.45, 2.75) is 18.3 Å². The number of hydrogen-bond acceptors (Lipinski definition) is 2. The van der Waals surface area contributed by atoms with Gasteiger partial charge in [-0.2, -0.15) is 0 Å². The highest BCUT2D eigenvalue weighted by Gasteiger charge is 2.67. The Bertz CT molecular complexity index is 531. The van der Waals surface area contributed by atoms with Crippen LogP contribution in [0.25, 0.3) is 0 Å². The second-order valence-corrected chi connectivity index (χ2v) is 7.31. The third kappa shape index (κ3) is 2.09. The first-order valence-corrected chi connectivity index (χ1v) is 8.21. The Hall–Kier alpha value is -0.280. The third-order valence-electron chi connectivity index (χ3n) is 5.29. The van der Waals surface area contributed by atoms with Gasteiger partial charge in [0.1, 0.15) is 0 Å². The molecule has 1 aromatic rings. The molecule has 1 unspecified atom stereocenters. The van der Waals surface area contributed by atoms with Crippen LogP contribution in [-0.2, 0) is 10.2 Å². The number of rotatable bonds is 5. The summed E-state index contributed by atoms with van der Waals surface area (Å²) in [6.45, 7) is 3.97. The minimum atomic E-state index is 0.234. The van der Waals surface area contributed by atoms with E-state index in [9.17, 15) is 0 Å². The van der Waals surface area contributed by atoms with Gasteiger partial charge >= 0.3 is 0 Å². The Morgan fingerprint density at radius 3 is 2.80 bits per heavy atom. The second kappa shape index (κ2) is 4.88. The quantitative estimate of drug-likeness (QED) is 0.898. The molecule has 4 rings (SSSR count). The number of hydrogen-bond donors (Lipinski definition) is 1. The first-order valence-electron chi connectivity index (χ1n) is 7.46. The summed E-state index contributed by atoms with van der Waals surface area (Å²) in [5.41, 5.74) is 1.56. The molecular weight excluding hydrogens is 293 g/mol. The molecule has 1 saturated heterocycles. The number of piperidine rings is 1. The highest BCUT2D eigenvalue weighted by Crippen LogP contribution is 2.62. The van der Waals surface area contributed by atoms with Crippen molar-refractivity contribution in [1.82, 2.24) is 5.32 Å². The van der Waals surface area contributed by atoms with Crippen LogP contribution in [0.3, 0.4) is 0 Å². The number of benzene rings is 1. The van der Waals surface area contributed by atoms with Gasteiger partial charge in [0.25, 0.3) is 0 Å². The van der Waals surface area contributed by atoms with Crippen molar-refractivity contribution in [2.24, 2.45) is 17.8 Å². The van der Waals surface area contributed by atoms with Crippen molar-refractivity contribution < 1.29 is 4.74 Å². The standard InChI is InChI=1S/C16H19Cl2NO/c17-14-4-3-11(5-15(14)18)16-9-19-6-12(16)13(16)8-20-7-10-1-2-10/h3-5,10,12-13,19H,1-2,6-9H2/t12-,13?,16+/m0/s1. The van der Waals surface area contributed by atoms with E-state index in [0.29, 0.717) is 21.9 Å². The van der Waals surface area contributed by atoms with Crippen molar-refractivity contribution >= 4 is 23.2 Å². The molecule has 3 aliphatic rings. The van der Waals surface area contributed by atoms with Gasteiger partial charge in [0, 0.05) is 18.6 Å². The number of ether oxygens (including phenoxy) is 1. The molecule has 4 heteroatoms. The van der Waals surface area contributed by atoms with Crippen LogP contribution < -0.4 is 5.32 Å². The number of halogens is 2. The fourth-order valence-corrected chi connectivity index (χ4v) is 4.15. The van der Waals surface area contributed by atoms with E-state index < -0.39 is 0 Å². The van der Waals surface area contributed by atoms with E-state index in [2.05, 4.69) is 11.4 Å². The van der Waals surface area contributed by atoms with Gasteiger partial charge in [-0.15, -0.1) is 0 Å². The molecule has 108 valence electrons. The molecule has 0 bridgehead atoms. The average Bonchev–Trinajstić information content (AvgIpc) is 3.32. The highest BCUT2D eigenvalue weighted by molar-refractivity contribution is 6.42. The molecule has 1 heterocycles. The van der Waals surface area contributed by atoms with Gasteiger partial charge in [-0.1, -0.05) is 29.3 Å². The van der Waals surface area contributed by atoms with Crippen LogP contribution in [0.5, 0.6) is 0 Å². The molecule has 3 atom stereocenters. The van der Waals surface area contributed by atoms with Gasteiger partial charge < -0.3 is 10.1 Å². The molecular formula is C16H19Cl2NO. The largest absolute Gasteiger partial charge is 0.381 e. The molecule has 1 aliphatic heterocycles. The maximum absolute atomic E-state index is 6.19. The summed E-state index contributed by atoms with van der Waals surface area (Å²) in [4.78, 5) is 0. The summed E-state index contributed by atoms with van der Waals surface area (Å²) < 4.78 is 5.93. The molecule has 1 N–H and O–H groups in total. The Morgan fingerprint density at radius 2 is 2.05 bits per heavy atom. The lowest BCUT2D eigenvalue weighted by atomic mass is 9.93. The predicted molar refractivity (Wildman–Crippen MR) is 81.5 cm³/mol. The summed E-state index contributed by atoms with van der Waals surface area (Å²) in [6.07, 6.45) is 2.71. The normalized spacial score (nSPS) is 35.1. The monoisotopic (exact) mass is 311 g/mol. The summed E-state index contributed by atoms with van der Waals surface area (Å²) in [7, 11) is 0. The van der Waals surface area contributed by atoms with Crippen LogP contribution in [0.15, 0.2) is 18.2 Å². The zero-order valence-corrected chi connectivity index (χ0v) is 12.9. The van der Waals surface area contributed by atoms with E-state index in [1.54, 1.807) is 0 Å². The van der Waals surface area contributed by atoms with Crippen LogP contribution in [0.2, 0.25) is 10.0 Å². The Morgan fingerprint density at radius 1 is 1.20 bits per heavy atom. The fraction of sp³-hybridized carbons (Fsp3) is 0.625. The van der Waals surface area contributed by atoms with Crippen LogP contribution in [0, 0.1) is 17.8 Å². The van der Waals surface area contributed by atoms with Gasteiger partial charge in [0.15, 0.2) is 0 Å². The van der Waals surface area contributed by atoms with Gasteiger partial charge in [-0.25, -0.2) is 0 Å². The lowest BCUT2D eigenvalue weighted by Crippen LogP contribution is -2.25. The lowest BCUT2D eigenvalue weighted by Gasteiger charge is -2.17. The van der Waals surface area contributed by atoms with Gasteiger partial charge in [0.05, 0.1) is 16.7 Å². The van der Waals surface area contributed by atoms with Crippen molar-refractivity contribution in [3.05, 3.63) is 33.8 Å². The highest BCUT2D eigenvalue weighted by atomic mass is 35.5. The molecule has 0 aromatic heterocycles. The smallest absolute Gasteiger partial charge is 0.0595 e. The summed E-state index contributed by atoms with van der Waals surface area (Å²) >= 11 is 12.2. The maximum Gasteiger partial charge on any atom is 0.0595 e. The number of fused-ring (bicyclic) bond motifs is 1. The van der Waals surface area contributed by atoms with E-state index in [1.165, 1.54) is 18.4 Å². The van der Waals surface area contributed by atoms with Crippen molar-refractivity contribution in [3.8, 4) is 0 Å². The topological polar surface area (TPSA) is 21.3 Å². The van der Waals surface area contributed by atoms with Gasteiger partial charge in [-0.05, 0) is 54.8 Å². The zero-order chi connectivity index (χ0) is 13.7. The fourth-order valence-electron chi connectivity index (χ4n) is 3.85. The first kappa shape index (κ1) is 13.4. The molecule has 2 nitrogen and oxygen atoms in total. The van der Waals surface area contributed by atoms with Crippen molar-refractivity contribution in [2.75, 3.05) is 26.3 Å². The summed E-state index contributed by atoms with van der Waals surface area (Å²) in [5.74, 6) is 2.17. The minimum absolute atomic E-state index is 0.234. The molecule has 0 radical (unpaired) electrons. The lowest BCUT2D eigenvalue weighted by molar-refractivity contribution is 0.106. The number of nitrogens with one attached hydrogen (secondary N) is 1. The molecule has 20 heavy (non-hydrogen) atoms. The predicted octanol–water partition coefficient (Wildman–Crippen LogP) is 3.51. The Kier molecular flexibility index (Phi) is 3.26. The first-order chi connectivity index (χ1) is 9.72. The minimum Gasteiger partial charge on any atom is -0.381 e. The van der Waals surface area contributed by atoms with Crippen LogP contribution in [0.4, 0.5) is 0 Å². The zero-order valence-electron chi connectivity index (χ0n) is 11.4. The molecule has 2 aliphatic carbocycles. The van der Waals surface area contributed by atoms with Crippen LogP contribution >= 0.6 is 23.2 Å². The molecule has 3 fully saturated rings.